The molecule has 0 saturated heterocycles. The van der Waals surface area contributed by atoms with Crippen molar-refractivity contribution in [2.45, 2.75) is 25.5 Å². The zero-order valence-electron chi connectivity index (χ0n) is 9.83. The van der Waals surface area contributed by atoms with Crippen molar-refractivity contribution in [1.29, 1.82) is 0 Å². The Bertz CT molecular complexity index is 407. The van der Waals surface area contributed by atoms with E-state index in [1.165, 1.54) is 12.1 Å². The van der Waals surface area contributed by atoms with Gasteiger partial charge in [-0.15, -0.1) is 0 Å². The number of carboxylic acids is 1. The minimum Gasteiger partial charge on any atom is -0.504 e. The van der Waals surface area contributed by atoms with Gasteiger partial charge in [0.25, 0.3) is 0 Å². The minimum atomic E-state index is -0.945. The molecule has 0 saturated carbocycles. The lowest BCUT2D eigenvalue weighted by molar-refractivity contribution is -0.137. The highest BCUT2D eigenvalue weighted by Gasteiger charge is 2.06. The highest BCUT2D eigenvalue weighted by Crippen LogP contribution is 2.24. The van der Waals surface area contributed by atoms with E-state index in [1.54, 1.807) is 6.07 Å². The number of aliphatic carboxylic acids is 1. The third-order valence-corrected chi connectivity index (χ3v) is 2.47. The van der Waals surface area contributed by atoms with Crippen LogP contribution in [0.5, 0.6) is 11.5 Å². The topological polar surface area (TPSA) is 110 Å². The standard InChI is InChI=1S/C12H17NO5/c14-9-2-1-8(7-10(9)15)5-6-13-11(16)3-4-12(17)18/h1-2,7,11,13-16H,3-6H2,(H,17,18). The van der Waals surface area contributed by atoms with Gasteiger partial charge in [0, 0.05) is 13.0 Å². The van der Waals surface area contributed by atoms with Crippen molar-refractivity contribution < 1.29 is 25.2 Å². The zero-order valence-corrected chi connectivity index (χ0v) is 9.83. The number of hydrogen-bond donors (Lipinski definition) is 5. The molecule has 100 valence electrons. The summed E-state index contributed by atoms with van der Waals surface area (Å²) in [6.07, 6.45) is -0.241. The summed E-state index contributed by atoms with van der Waals surface area (Å²) in [5, 5.41) is 39.0. The van der Waals surface area contributed by atoms with E-state index in [1.807, 2.05) is 0 Å². The van der Waals surface area contributed by atoms with E-state index in [0.717, 1.165) is 5.56 Å². The van der Waals surface area contributed by atoms with Crippen LogP contribution in [-0.4, -0.2) is 39.2 Å². The van der Waals surface area contributed by atoms with Crippen LogP contribution in [-0.2, 0) is 11.2 Å². The van der Waals surface area contributed by atoms with Gasteiger partial charge in [-0.1, -0.05) is 6.07 Å². The van der Waals surface area contributed by atoms with Crippen molar-refractivity contribution in [3.8, 4) is 11.5 Å². The van der Waals surface area contributed by atoms with E-state index in [-0.39, 0.29) is 24.3 Å². The number of benzene rings is 1. The molecule has 0 aliphatic heterocycles. The van der Waals surface area contributed by atoms with E-state index >= 15 is 0 Å². The number of carboxylic acid groups (broad SMARTS) is 1. The first-order chi connectivity index (χ1) is 8.49. The molecule has 0 spiro atoms. The molecule has 0 radical (unpaired) electrons. The Labute approximate surface area is 105 Å². The fourth-order valence-electron chi connectivity index (χ4n) is 1.47. The molecule has 6 nitrogen and oxygen atoms in total. The Hall–Kier alpha value is -1.79. The monoisotopic (exact) mass is 255 g/mol. The second kappa shape index (κ2) is 6.83. The van der Waals surface area contributed by atoms with E-state index in [9.17, 15) is 15.0 Å². The maximum atomic E-state index is 10.3. The Morgan fingerprint density at radius 1 is 1.28 bits per heavy atom. The first-order valence-electron chi connectivity index (χ1n) is 5.63. The van der Waals surface area contributed by atoms with Gasteiger partial charge in [0.1, 0.15) is 6.23 Å². The van der Waals surface area contributed by atoms with Crippen LogP contribution in [0.15, 0.2) is 18.2 Å². The highest BCUT2D eigenvalue weighted by molar-refractivity contribution is 5.66. The third-order valence-electron chi connectivity index (χ3n) is 2.47. The molecule has 0 aliphatic carbocycles. The molecule has 1 atom stereocenters. The van der Waals surface area contributed by atoms with Crippen molar-refractivity contribution in [1.82, 2.24) is 5.32 Å². The summed E-state index contributed by atoms with van der Waals surface area (Å²) in [6.45, 7) is 0.449. The van der Waals surface area contributed by atoms with Gasteiger partial charge in [-0.3, -0.25) is 10.1 Å². The van der Waals surface area contributed by atoms with E-state index < -0.39 is 12.2 Å². The summed E-state index contributed by atoms with van der Waals surface area (Å²) in [7, 11) is 0. The quantitative estimate of drug-likeness (QED) is 0.356. The largest absolute Gasteiger partial charge is 0.504 e. The van der Waals surface area contributed by atoms with Crippen LogP contribution < -0.4 is 5.32 Å². The Balaban J connectivity index is 2.28. The molecule has 1 aromatic carbocycles. The van der Waals surface area contributed by atoms with E-state index in [2.05, 4.69) is 5.32 Å². The van der Waals surface area contributed by atoms with Crippen LogP contribution in [0.1, 0.15) is 18.4 Å². The molecular weight excluding hydrogens is 238 g/mol. The summed E-state index contributed by atoms with van der Waals surface area (Å²) in [5.41, 5.74) is 0.809. The second-order valence-corrected chi connectivity index (χ2v) is 3.98. The molecule has 6 heteroatoms. The fraction of sp³-hybridized carbons (Fsp3) is 0.417. The first-order valence-corrected chi connectivity index (χ1v) is 5.63. The van der Waals surface area contributed by atoms with Crippen LogP contribution in [0.2, 0.25) is 0 Å². The number of rotatable bonds is 7. The lowest BCUT2D eigenvalue weighted by Gasteiger charge is -2.11. The average molecular weight is 255 g/mol. The summed E-state index contributed by atoms with van der Waals surface area (Å²) in [4.78, 5) is 10.3. The molecule has 18 heavy (non-hydrogen) atoms. The maximum Gasteiger partial charge on any atom is 0.303 e. The Morgan fingerprint density at radius 3 is 2.61 bits per heavy atom. The summed E-state index contributed by atoms with van der Waals surface area (Å²) in [6, 6.07) is 4.51. The molecule has 0 aromatic heterocycles. The van der Waals surface area contributed by atoms with Crippen molar-refractivity contribution in [3.05, 3.63) is 23.8 Å². The predicted molar refractivity (Wildman–Crippen MR) is 64.4 cm³/mol. The van der Waals surface area contributed by atoms with Gasteiger partial charge >= 0.3 is 5.97 Å². The average Bonchev–Trinajstić information content (AvgIpc) is 2.31. The van der Waals surface area contributed by atoms with Gasteiger partial charge in [-0.25, -0.2) is 0 Å². The molecule has 1 rings (SSSR count). The molecule has 5 N–H and O–H groups in total. The number of aliphatic hydroxyl groups is 1. The molecule has 0 bridgehead atoms. The molecule has 0 aliphatic rings. The van der Waals surface area contributed by atoms with Crippen LogP contribution in [0.3, 0.4) is 0 Å². The number of aliphatic hydroxyl groups excluding tert-OH is 1. The maximum absolute atomic E-state index is 10.3. The molecular formula is C12H17NO5. The predicted octanol–water partition coefficient (Wildman–Crippen LogP) is 0.413. The minimum absolute atomic E-state index is 0.0891. The lowest BCUT2D eigenvalue weighted by atomic mass is 10.1. The van der Waals surface area contributed by atoms with Gasteiger partial charge in [0.2, 0.25) is 0 Å². The number of phenolic OH excluding ortho intramolecular Hbond substituents is 2. The summed E-state index contributed by atoms with van der Waals surface area (Å²) < 4.78 is 0. The number of carbonyl (C=O) groups is 1. The lowest BCUT2D eigenvalue weighted by Crippen LogP contribution is -2.31. The van der Waals surface area contributed by atoms with Gasteiger partial charge in [-0.05, 0) is 30.5 Å². The third kappa shape index (κ3) is 5.03. The number of hydrogen-bond acceptors (Lipinski definition) is 5. The van der Waals surface area contributed by atoms with E-state index in [4.69, 9.17) is 10.2 Å². The van der Waals surface area contributed by atoms with Gasteiger partial charge in [0.05, 0.1) is 0 Å². The number of nitrogens with one attached hydrogen (secondary N) is 1. The fourth-order valence-corrected chi connectivity index (χ4v) is 1.47. The van der Waals surface area contributed by atoms with Crippen molar-refractivity contribution >= 4 is 5.97 Å². The van der Waals surface area contributed by atoms with Gasteiger partial charge in [-0.2, -0.15) is 0 Å². The van der Waals surface area contributed by atoms with Crippen LogP contribution >= 0.6 is 0 Å². The summed E-state index contributed by atoms with van der Waals surface area (Å²) in [5.74, 6) is -1.30. The summed E-state index contributed by atoms with van der Waals surface area (Å²) >= 11 is 0. The van der Waals surface area contributed by atoms with Crippen LogP contribution in [0.4, 0.5) is 0 Å². The number of phenols is 2. The highest BCUT2D eigenvalue weighted by atomic mass is 16.4. The smallest absolute Gasteiger partial charge is 0.303 e. The normalized spacial score (nSPS) is 12.3. The van der Waals surface area contributed by atoms with Gasteiger partial charge < -0.3 is 20.4 Å². The van der Waals surface area contributed by atoms with Crippen LogP contribution in [0, 0.1) is 0 Å². The first kappa shape index (κ1) is 14.3. The molecule has 1 unspecified atom stereocenters. The van der Waals surface area contributed by atoms with Crippen molar-refractivity contribution in [2.75, 3.05) is 6.54 Å². The van der Waals surface area contributed by atoms with Crippen molar-refractivity contribution in [2.24, 2.45) is 0 Å². The molecule has 1 aromatic rings. The SMILES string of the molecule is O=C(O)CCC(O)NCCc1ccc(O)c(O)c1. The molecule has 0 fully saturated rings. The number of aromatic hydroxyl groups is 2. The van der Waals surface area contributed by atoms with Crippen molar-refractivity contribution in [3.63, 3.8) is 0 Å². The Morgan fingerprint density at radius 2 is 2.00 bits per heavy atom. The van der Waals surface area contributed by atoms with Crippen LogP contribution in [0.25, 0.3) is 0 Å². The van der Waals surface area contributed by atoms with Gasteiger partial charge in [0.15, 0.2) is 11.5 Å². The zero-order chi connectivity index (χ0) is 13.5. The van der Waals surface area contributed by atoms with E-state index in [0.29, 0.717) is 13.0 Å². The molecule has 0 heterocycles. The Kier molecular flexibility index (Phi) is 5.41. The second-order valence-electron chi connectivity index (χ2n) is 3.98. The molecule has 0 amide bonds.